The van der Waals surface area contributed by atoms with Crippen LogP contribution in [0.15, 0.2) is 47.3 Å². The van der Waals surface area contributed by atoms with Crippen LogP contribution in [0, 0.1) is 0 Å². The van der Waals surface area contributed by atoms with Gasteiger partial charge in [0.15, 0.2) is 0 Å². The molecule has 0 aliphatic rings. The molecule has 0 atom stereocenters. The molecule has 3 aromatic heterocycles. The Bertz CT molecular complexity index is 701. The SMILES string of the molecule is FC(F)(F)c1nnc(-c2ccc(-n3cccc3)cn2)o1. The minimum Gasteiger partial charge on any atom is -0.411 e. The van der Waals surface area contributed by atoms with Crippen molar-refractivity contribution in [2.24, 2.45) is 0 Å². The van der Waals surface area contributed by atoms with Gasteiger partial charge in [-0.25, -0.2) is 4.98 Å². The lowest BCUT2D eigenvalue weighted by molar-refractivity contribution is -0.156. The van der Waals surface area contributed by atoms with Crippen LogP contribution in [-0.4, -0.2) is 19.7 Å². The second kappa shape index (κ2) is 4.48. The number of alkyl halides is 3. The Morgan fingerprint density at radius 2 is 1.80 bits per heavy atom. The van der Waals surface area contributed by atoms with Crippen LogP contribution in [0.25, 0.3) is 17.3 Å². The smallest absolute Gasteiger partial charge is 0.411 e. The van der Waals surface area contributed by atoms with E-state index in [-0.39, 0.29) is 11.6 Å². The van der Waals surface area contributed by atoms with Gasteiger partial charge in [-0.3, -0.25) is 0 Å². The largest absolute Gasteiger partial charge is 0.470 e. The summed E-state index contributed by atoms with van der Waals surface area (Å²) in [6.07, 6.45) is 0.499. The Kier molecular flexibility index (Phi) is 2.78. The third-order valence-corrected chi connectivity index (χ3v) is 2.54. The summed E-state index contributed by atoms with van der Waals surface area (Å²) in [5.74, 6) is -1.65. The van der Waals surface area contributed by atoms with Gasteiger partial charge in [0.05, 0.1) is 11.9 Å². The van der Waals surface area contributed by atoms with E-state index in [0.29, 0.717) is 0 Å². The molecule has 0 radical (unpaired) electrons. The molecule has 0 fully saturated rings. The molecule has 0 aromatic carbocycles. The van der Waals surface area contributed by atoms with E-state index in [0.717, 1.165) is 5.69 Å². The minimum absolute atomic E-state index is 0.184. The lowest BCUT2D eigenvalue weighted by Crippen LogP contribution is -2.04. The van der Waals surface area contributed by atoms with Crippen molar-refractivity contribution in [1.82, 2.24) is 19.7 Å². The first kappa shape index (κ1) is 12.4. The monoisotopic (exact) mass is 280 g/mol. The van der Waals surface area contributed by atoms with Crippen molar-refractivity contribution in [2.45, 2.75) is 6.18 Å². The molecular weight excluding hydrogens is 273 g/mol. The summed E-state index contributed by atoms with van der Waals surface area (Å²) in [7, 11) is 0. The van der Waals surface area contributed by atoms with E-state index >= 15 is 0 Å². The van der Waals surface area contributed by atoms with Crippen molar-refractivity contribution in [3.8, 4) is 17.3 Å². The van der Waals surface area contributed by atoms with Gasteiger partial charge in [-0.15, -0.1) is 10.2 Å². The molecule has 0 aliphatic heterocycles. The first-order valence-electron chi connectivity index (χ1n) is 5.54. The Labute approximate surface area is 110 Å². The number of hydrogen-bond acceptors (Lipinski definition) is 4. The van der Waals surface area contributed by atoms with Crippen LogP contribution in [0.3, 0.4) is 0 Å². The molecule has 0 spiro atoms. The van der Waals surface area contributed by atoms with E-state index in [1.807, 2.05) is 29.1 Å². The highest BCUT2D eigenvalue weighted by atomic mass is 19.4. The maximum Gasteiger partial charge on any atom is 0.470 e. The first-order chi connectivity index (χ1) is 9.54. The Morgan fingerprint density at radius 3 is 2.35 bits per heavy atom. The van der Waals surface area contributed by atoms with Crippen LogP contribution in [0.1, 0.15) is 5.89 Å². The van der Waals surface area contributed by atoms with Gasteiger partial charge in [-0.05, 0) is 24.3 Å². The highest BCUT2D eigenvalue weighted by Gasteiger charge is 2.38. The maximum absolute atomic E-state index is 12.3. The van der Waals surface area contributed by atoms with Crippen molar-refractivity contribution in [1.29, 1.82) is 0 Å². The van der Waals surface area contributed by atoms with E-state index in [4.69, 9.17) is 0 Å². The van der Waals surface area contributed by atoms with Crippen LogP contribution in [-0.2, 0) is 6.18 Å². The zero-order chi connectivity index (χ0) is 14.2. The Hall–Kier alpha value is -2.64. The molecule has 3 aromatic rings. The summed E-state index contributed by atoms with van der Waals surface area (Å²) in [6, 6.07) is 6.91. The molecule has 3 heterocycles. The Balaban J connectivity index is 1.90. The number of hydrogen-bond donors (Lipinski definition) is 0. The van der Waals surface area contributed by atoms with Crippen molar-refractivity contribution in [2.75, 3.05) is 0 Å². The summed E-state index contributed by atoms with van der Waals surface area (Å²) < 4.78 is 43.4. The third kappa shape index (κ3) is 2.27. The molecule has 20 heavy (non-hydrogen) atoms. The van der Waals surface area contributed by atoms with Gasteiger partial charge in [0.1, 0.15) is 5.69 Å². The minimum atomic E-state index is -4.66. The molecule has 0 bridgehead atoms. The van der Waals surface area contributed by atoms with Crippen LogP contribution >= 0.6 is 0 Å². The molecule has 0 saturated heterocycles. The molecule has 3 rings (SSSR count). The van der Waals surface area contributed by atoms with E-state index in [9.17, 15) is 13.2 Å². The highest BCUT2D eigenvalue weighted by molar-refractivity contribution is 5.48. The third-order valence-electron chi connectivity index (χ3n) is 2.54. The van der Waals surface area contributed by atoms with Gasteiger partial charge in [0, 0.05) is 12.4 Å². The number of nitrogens with zero attached hydrogens (tertiary/aromatic N) is 4. The average Bonchev–Trinajstić information content (AvgIpc) is 3.10. The van der Waals surface area contributed by atoms with Gasteiger partial charge in [0.25, 0.3) is 5.89 Å². The molecule has 0 saturated carbocycles. The number of rotatable bonds is 2. The fraction of sp³-hybridized carbons (Fsp3) is 0.0833. The molecule has 8 heteroatoms. The lowest BCUT2D eigenvalue weighted by atomic mass is 10.3. The van der Waals surface area contributed by atoms with Gasteiger partial charge in [-0.1, -0.05) is 0 Å². The summed E-state index contributed by atoms with van der Waals surface area (Å²) in [4.78, 5) is 4.02. The number of halogens is 3. The number of pyridine rings is 1. The van der Waals surface area contributed by atoms with Crippen LogP contribution < -0.4 is 0 Å². The molecule has 5 nitrogen and oxygen atoms in total. The van der Waals surface area contributed by atoms with E-state index in [1.165, 1.54) is 12.3 Å². The normalized spacial score (nSPS) is 11.8. The first-order valence-corrected chi connectivity index (χ1v) is 5.54. The summed E-state index contributed by atoms with van der Waals surface area (Å²) in [5, 5.41) is 6.29. The molecular formula is C12H7F3N4O. The van der Waals surface area contributed by atoms with Crippen molar-refractivity contribution < 1.29 is 17.6 Å². The molecule has 102 valence electrons. The molecule has 0 amide bonds. The Morgan fingerprint density at radius 1 is 1.05 bits per heavy atom. The summed E-state index contributed by atoms with van der Waals surface area (Å²) in [6.45, 7) is 0. The zero-order valence-electron chi connectivity index (χ0n) is 9.87. The fourth-order valence-electron chi connectivity index (χ4n) is 1.61. The summed E-state index contributed by atoms with van der Waals surface area (Å²) >= 11 is 0. The van der Waals surface area contributed by atoms with Crippen molar-refractivity contribution in [3.63, 3.8) is 0 Å². The van der Waals surface area contributed by atoms with Crippen LogP contribution in [0.5, 0.6) is 0 Å². The topological polar surface area (TPSA) is 56.7 Å². The van der Waals surface area contributed by atoms with E-state index in [1.54, 1.807) is 6.07 Å². The predicted molar refractivity (Wildman–Crippen MR) is 61.9 cm³/mol. The molecule has 0 N–H and O–H groups in total. The maximum atomic E-state index is 12.3. The van der Waals surface area contributed by atoms with Crippen molar-refractivity contribution >= 4 is 0 Å². The molecule has 0 unspecified atom stereocenters. The standard InChI is InChI=1S/C12H7F3N4O/c13-12(14,15)11-18-17-10(20-11)9-4-3-8(7-16-9)19-5-1-2-6-19/h1-7H. The highest BCUT2D eigenvalue weighted by Crippen LogP contribution is 2.29. The van der Waals surface area contributed by atoms with Gasteiger partial charge in [-0.2, -0.15) is 13.2 Å². The fourth-order valence-corrected chi connectivity index (χ4v) is 1.61. The quantitative estimate of drug-likeness (QED) is 0.724. The van der Waals surface area contributed by atoms with Crippen molar-refractivity contribution in [3.05, 3.63) is 48.7 Å². The van der Waals surface area contributed by atoms with Crippen LogP contribution in [0.4, 0.5) is 13.2 Å². The second-order valence-corrected chi connectivity index (χ2v) is 3.90. The van der Waals surface area contributed by atoms with E-state index in [2.05, 4.69) is 19.6 Å². The van der Waals surface area contributed by atoms with Gasteiger partial charge < -0.3 is 8.98 Å². The number of aromatic nitrogens is 4. The lowest BCUT2D eigenvalue weighted by Gasteiger charge is -2.02. The van der Waals surface area contributed by atoms with Gasteiger partial charge >= 0.3 is 12.1 Å². The molecule has 0 aliphatic carbocycles. The second-order valence-electron chi connectivity index (χ2n) is 3.90. The van der Waals surface area contributed by atoms with Gasteiger partial charge in [0.2, 0.25) is 0 Å². The summed E-state index contributed by atoms with van der Waals surface area (Å²) in [5.41, 5.74) is 0.957. The zero-order valence-corrected chi connectivity index (χ0v) is 9.87. The van der Waals surface area contributed by atoms with E-state index < -0.39 is 12.1 Å². The average molecular weight is 280 g/mol. The van der Waals surface area contributed by atoms with Crippen LogP contribution in [0.2, 0.25) is 0 Å². The predicted octanol–water partition coefficient (Wildman–Crippen LogP) is 2.94.